The van der Waals surface area contributed by atoms with Crippen molar-refractivity contribution in [1.29, 1.82) is 0 Å². The van der Waals surface area contributed by atoms with Gasteiger partial charge in [-0.1, -0.05) is 0 Å². The van der Waals surface area contributed by atoms with Crippen LogP contribution in [0.2, 0.25) is 0 Å². The van der Waals surface area contributed by atoms with E-state index in [-0.39, 0.29) is 12.3 Å². The van der Waals surface area contributed by atoms with E-state index in [1.807, 2.05) is 0 Å². The third-order valence-electron chi connectivity index (χ3n) is 0.833. The second kappa shape index (κ2) is 1.79. The second-order valence-electron chi connectivity index (χ2n) is 2.17. The van der Waals surface area contributed by atoms with E-state index < -0.39 is 5.67 Å². The van der Waals surface area contributed by atoms with Crippen LogP contribution in [-0.2, 0) is 5.67 Å². The lowest BCUT2D eigenvalue weighted by molar-refractivity contribution is 0.170. The summed E-state index contributed by atoms with van der Waals surface area (Å²) >= 11 is 0. The molecule has 0 bridgehead atoms. The Morgan fingerprint density at radius 1 is 1.89 bits per heavy atom. The Bertz CT molecular complexity index is 230. The second-order valence-corrected chi connectivity index (χ2v) is 2.17. The Labute approximate surface area is 53.3 Å². The molecule has 3 nitrogen and oxygen atoms in total. The molecule has 0 aliphatic rings. The molecular formula is C5H7FN2O. The minimum Gasteiger partial charge on any atom is -0.425 e. The van der Waals surface area contributed by atoms with Gasteiger partial charge in [0.05, 0.1) is 0 Å². The van der Waals surface area contributed by atoms with E-state index in [1.165, 1.54) is 13.8 Å². The summed E-state index contributed by atoms with van der Waals surface area (Å²) in [5, 5.41) is 6.50. The molecular weight excluding hydrogens is 123 g/mol. The van der Waals surface area contributed by atoms with Crippen LogP contribution in [0.25, 0.3) is 0 Å². The van der Waals surface area contributed by atoms with Gasteiger partial charge in [0.15, 0.2) is 5.67 Å². The molecule has 0 aromatic carbocycles. The molecule has 50 valence electrons. The number of hydrogen-bond acceptors (Lipinski definition) is 3. The highest BCUT2D eigenvalue weighted by atomic mass is 19.1. The van der Waals surface area contributed by atoms with Crippen LogP contribution >= 0.6 is 0 Å². The topological polar surface area (TPSA) is 38.9 Å². The van der Waals surface area contributed by atoms with Crippen LogP contribution in [0.4, 0.5) is 4.39 Å². The average molecular weight is 131 g/mol. The van der Waals surface area contributed by atoms with Gasteiger partial charge in [-0.3, -0.25) is 0 Å². The fourth-order valence-corrected chi connectivity index (χ4v) is 0.390. The van der Waals surface area contributed by atoms with Crippen molar-refractivity contribution in [2.45, 2.75) is 19.5 Å². The summed E-state index contributed by atoms with van der Waals surface area (Å²) in [4.78, 5) is 0. The van der Waals surface area contributed by atoms with Gasteiger partial charge in [-0.25, -0.2) is 4.39 Å². The molecule has 0 spiro atoms. The molecule has 0 saturated carbocycles. The first-order valence-corrected chi connectivity index (χ1v) is 2.49. The zero-order chi connectivity index (χ0) is 7.78. The number of rotatable bonds is 1. The van der Waals surface area contributed by atoms with Crippen molar-refractivity contribution in [2.75, 3.05) is 0 Å². The summed E-state index contributed by atoms with van der Waals surface area (Å²) in [6, 6.07) is 0. The number of hydrogen-bond donors (Lipinski definition) is 0. The Hall–Kier alpha value is -0.930. The van der Waals surface area contributed by atoms with E-state index in [4.69, 9.17) is 1.37 Å². The van der Waals surface area contributed by atoms with Gasteiger partial charge in [0.1, 0.15) is 1.37 Å². The van der Waals surface area contributed by atoms with Crippen molar-refractivity contribution >= 4 is 0 Å². The fraction of sp³-hybridized carbons (Fsp3) is 0.600. The van der Waals surface area contributed by atoms with Crippen LogP contribution in [-0.4, -0.2) is 10.2 Å². The molecule has 4 heteroatoms. The molecule has 1 aromatic heterocycles. The Kier molecular flexibility index (Phi) is 0.974. The zero-order valence-electron chi connectivity index (χ0n) is 6.18. The van der Waals surface area contributed by atoms with Gasteiger partial charge in [0.25, 0.3) is 5.89 Å². The normalized spacial score (nSPS) is 13.4. The molecule has 1 rings (SSSR count). The maximum absolute atomic E-state index is 12.9. The van der Waals surface area contributed by atoms with Gasteiger partial charge in [-0.15, -0.1) is 10.2 Å². The van der Waals surface area contributed by atoms with Gasteiger partial charge < -0.3 is 4.42 Å². The monoisotopic (exact) mass is 131 g/mol. The molecule has 0 saturated heterocycles. The van der Waals surface area contributed by atoms with Gasteiger partial charge in [-0.2, -0.15) is 0 Å². The first-order valence-electron chi connectivity index (χ1n) is 2.99. The molecule has 0 unspecified atom stereocenters. The van der Waals surface area contributed by atoms with Crippen LogP contribution < -0.4 is 0 Å². The van der Waals surface area contributed by atoms with E-state index in [1.54, 1.807) is 0 Å². The maximum atomic E-state index is 12.9. The predicted molar refractivity (Wildman–Crippen MR) is 28.4 cm³/mol. The van der Waals surface area contributed by atoms with Crippen LogP contribution in [0.5, 0.6) is 0 Å². The van der Waals surface area contributed by atoms with E-state index in [2.05, 4.69) is 14.6 Å². The lowest BCUT2D eigenvalue weighted by Crippen LogP contribution is -2.09. The van der Waals surface area contributed by atoms with Crippen molar-refractivity contribution in [1.82, 2.24) is 10.2 Å². The van der Waals surface area contributed by atoms with Gasteiger partial charge in [0, 0.05) is 0 Å². The average Bonchev–Trinajstić information content (AvgIpc) is 2.11. The summed E-state index contributed by atoms with van der Waals surface area (Å²) in [6.07, 6.45) is -0.360. The molecule has 0 aliphatic carbocycles. The van der Waals surface area contributed by atoms with E-state index >= 15 is 0 Å². The Morgan fingerprint density at radius 2 is 2.56 bits per heavy atom. The van der Waals surface area contributed by atoms with Crippen molar-refractivity contribution in [3.8, 4) is 0 Å². The zero-order valence-corrected chi connectivity index (χ0v) is 5.18. The van der Waals surface area contributed by atoms with Crippen molar-refractivity contribution in [2.24, 2.45) is 0 Å². The summed E-state index contributed by atoms with van der Waals surface area (Å²) in [7, 11) is 0. The minimum atomic E-state index is -1.65. The summed E-state index contributed by atoms with van der Waals surface area (Å²) in [6.45, 7) is 2.58. The van der Waals surface area contributed by atoms with Gasteiger partial charge in [0.2, 0.25) is 6.37 Å². The number of aromatic nitrogens is 2. The van der Waals surface area contributed by atoms with Crippen molar-refractivity contribution in [3.05, 3.63) is 12.3 Å². The molecule has 0 fully saturated rings. The van der Waals surface area contributed by atoms with E-state index in [0.717, 1.165) is 0 Å². The highest BCUT2D eigenvalue weighted by molar-refractivity contribution is 4.87. The quantitative estimate of drug-likeness (QED) is 0.576. The molecule has 9 heavy (non-hydrogen) atoms. The van der Waals surface area contributed by atoms with Gasteiger partial charge in [-0.05, 0) is 13.8 Å². The maximum Gasteiger partial charge on any atom is 0.252 e. The Morgan fingerprint density at radius 3 is 2.78 bits per heavy atom. The SMILES string of the molecule is [2H]c1nnc(C(C)(C)F)o1. The molecule has 0 aliphatic heterocycles. The lowest BCUT2D eigenvalue weighted by Gasteiger charge is -2.05. The summed E-state index contributed by atoms with van der Waals surface area (Å²) in [5.74, 6) is -0.155. The molecule has 1 heterocycles. The van der Waals surface area contributed by atoms with Crippen LogP contribution in [0, 0.1) is 0 Å². The predicted octanol–water partition coefficient (Wildman–Crippen LogP) is 1.27. The first-order chi connectivity index (χ1) is 4.50. The molecule has 0 atom stereocenters. The van der Waals surface area contributed by atoms with Crippen LogP contribution in [0.1, 0.15) is 21.1 Å². The minimum absolute atomic E-state index is 0.155. The number of halogens is 1. The molecule has 1 aromatic rings. The third kappa shape index (κ3) is 1.25. The van der Waals surface area contributed by atoms with E-state index in [9.17, 15) is 4.39 Å². The van der Waals surface area contributed by atoms with Crippen molar-refractivity contribution < 1.29 is 10.2 Å². The lowest BCUT2D eigenvalue weighted by atomic mass is 10.2. The largest absolute Gasteiger partial charge is 0.425 e. The fourth-order valence-electron chi connectivity index (χ4n) is 0.390. The molecule has 0 radical (unpaired) electrons. The highest BCUT2D eigenvalue weighted by Crippen LogP contribution is 2.20. The summed E-state index contributed by atoms with van der Waals surface area (Å²) in [5.41, 5.74) is -1.65. The summed E-state index contributed by atoms with van der Waals surface area (Å²) < 4.78 is 24.2. The Balaban J connectivity index is 2.96. The standard InChI is InChI=1S/C5H7FN2O/c1-5(2,6)4-8-7-3-9-4/h3H,1-2H3/i3D. The van der Waals surface area contributed by atoms with Crippen LogP contribution in [0.15, 0.2) is 10.8 Å². The van der Waals surface area contributed by atoms with E-state index in [0.29, 0.717) is 0 Å². The number of alkyl halides is 1. The van der Waals surface area contributed by atoms with Crippen LogP contribution in [0.3, 0.4) is 0 Å². The molecule has 0 amide bonds. The van der Waals surface area contributed by atoms with Gasteiger partial charge >= 0.3 is 0 Å². The molecule has 0 N–H and O–H groups in total. The number of nitrogens with zero attached hydrogens (tertiary/aromatic N) is 2. The highest BCUT2D eigenvalue weighted by Gasteiger charge is 2.24. The third-order valence-corrected chi connectivity index (χ3v) is 0.833. The van der Waals surface area contributed by atoms with Crippen molar-refractivity contribution in [3.63, 3.8) is 0 Å². The smallest absolute Gasteiger partial charge is 0.252 e. The first kappa shape index (κ1) is 4.90.